The molecule has 0 aliphatic carbocycles. The molecule has 3 heterocycles. The molecule has 0 saturated carbocycles. The monoisotopic (exact) mass is 312 g/mol. The summed E-state index contributed by atoms with van der Waals surface area (Å²) in [6.07, 6.45) is 4.32. The number of hydrogen-bond acceptors (Lipinski definition) is 4. The fourth-order valence-corrected chi connectivity index (χ4v) is 3.58. The van der Waals surface area contributed by atoms with Gasteiger partial charge in [-0.05, 0) is 41.2 Å². The molecule has 0 spiro atoms. The van der Waals surface area contributed by atoms with Gasteiger partial charge in [-0.15, -0.1) is 0 Å². The molecule has 0 radical (unpaired) electrons. The average molecular weight is 313 g/mol. The first-order valence-corrected chi connectivity index (χ1v) is 7.16. The van der Waals surface area contributed by atoms with Crippen LogP contribution in [0.4, 0.5) is 5.69 Å². The van der Waals surface area contributed by atoms with Gasteiger partial charge in [0.1, 0.15) is 4.47 Å². The van der Waals surface area contributed by atoms with Gasteiger partial charge in [-0.2, -0.15) is 5.10 Å². The summed E-state index contributed by atoms with van der Waals surface area (Å²) in [7, 11) is 1.67. The van der Waals surface area contributed by atoms with Crippen molar-refractivity contribution in [1.82, 2.24) is 15.1 Å². The highest BCUT2D eigenvalue weighted by Gasteiger charge is 2.35. The summed E-state index contributed by atoms with van der Waals surface area (Å²) in [5, 5.41) is 7.68. The van der Waals surface area contributed by atoms with Crippen molar-refractivity contribution in [2.24, 2.45) is 13.0 Å². The summed E-state index contributed by atoms with van der Waals surface area (Å²) in [4.78, 5) is 14.1. The maximum atomic E-state index is 11.9. The Balaban J connectivity index is 1.88. The smallest absolute Gasteiger partial charge is 0.282 e. The number of fused-ring (bicyclic) bond motifs is 1. The first-order chi connectivity index (χ1) is 8.66. The zero-order valence-corrected chi connectivity index (χ0v) is 12.0. The molecule has 2 aliphatic heterocycles. The van der Waals surface area contributed by atoms with E-state index in [0.29, 0.717) is 16.4 Å². The minimum Gasteiger partial charge on any atom is -0.367 e. The van der Waals surface area contributed by atoms with Gasteiger partial charge in [0, 0.05) is 26.2 Å². The lowest BCUT2D eigenvalue weighted by atomic mass is 9.94. The van der Waals surface area contributed by atoms with Crippen LogP contribution in [0.25, 0.3) is 0 Å². The van der Waals surface area contributed by atoms with Gasteiger partial charge in [0.2, 0.25) is 0 Å². The number of aryl methyl sites for hydroxylation is 1. The van der Waals surface area contributed by atoms with E-state index in [1.54, 1.807) is 13.2 Å². The number of rotatable bonds is 1. The number of piperidine rings is 1. The fourth-order valence-electron chi connectivity index (χ4n) is 2.97. The van der Waals surface area contributed by atoms with Crippen LogP contribution in [0.15, 0.2) is 15.5 Å². The Morgan fingerprint density at radius 3 is 3.11 bits per heavy atom. The van der Waals surface area contributed by atoms with Crippen molar-refractivity contribution in [1.29, 1.82) is 0 Å². The molecule has 2 saturated heterocycles. The van der Waals surface area contributed by atoms with E-state index in [-0.39, 0.29) is 5.56 Å². The van der Waals surface area contributed by atoms with Crippen molar-refractivity contribution in [3.63, 3.8) is 0 Å². The quantitative estimate of drug-likeness (QED) is 0.830. The van der Waals surface area contributed by atoms with Gasteiger partial charge in [-0.3, -0.25) is 4.79 Å². The lowest BCUT2D eigenvalue weighted by molar-refractivity contribution is 0.340. The van der Waals surface area contributed by atoms with Crippen LogP contribution in [0, 0.1) is 5.92 Å². The molecule has 0 amide bonds. The van der Waals surface area contributed by atoms with Crippen molar-refractivity contribution in [2.75, 3.05) is 24.5 Å². The number of nitrogens with one attached hydrogen (secondary N) is 1. The largest absolute Gasteiger partial charge is 0.367 e. The van der Waals surface area contributed by atoms with Crippen LogP contribution in [0.1, 0.15) is 12.8 Å². The SMILES string of the molecule is Cn1ncc(N2CC3CCCNC3C2)c(Br)c1=O. The molecule has 2 aliphatic rings. The van der Waals surface area contributed by atoms with Crippen LogP contribution < -0.4 is 15.8 Å². The topological polar surface area (TPSA) is 50.2 Å². The first kappa shape index (κ1) is 12.2. The van der Waals surface area contributed by atoms with E-state index in [2.05, 4.69) is 31.2 Å². The van der Waals surface area contributed by atoms with Gasteiger partial charge in [0.05, 0.1) is 11.9 Å². The molecule has 2 unspecified atom stereocenters. The van der Waals surface area contributed by atoms with Gasteiger partial charge in [0.25, 0.3) is 5.56 Å². The highest BCUT2D eigenvalue weighted by molar-refractivity contribution is 9.10. The van der Waals surface area contributed by atoms with Crippen molar-refractivity contribution in [3.05, 3.63) is 21.0 Å². The minimum atomic E-state index is -0.0738. The maximum Gasteiger partial charge on any atom is 0.282 e. The predicted octanol–water partition coefficient (Wildman–Crippen LogP) is 0.731. The maximum absolute atomic E-state index is 11.9. The van der Waals surface area contributed by atoms with Crippen molar-refractivity contribution < 1.29 is 0 Å². The Labute approximate surface area is 114 Å². The Morgan fingerprint density at radius 2 is 2.33 bits per heavy atom. The molecule has 2 fully saturated rings. The van der Waals surface area contributed by atoms with Crippen molar-refractivity contribution in [3.8, 4) is 0 Å². The Hall–Kier alpha value is -0.880. The molecule has 5 nitrogen and oxygen atoms in total. The van der Waals surface area contributed by atoms with E-state index < -0.39 is 0 Å². The Bertz CT molecular complexity index is 501. The van der Waals surface area contributed by atoms with E-state index in [1.165, 1.54) is 17.5 Å². The van der Waals surface area contributed by atoms with E-state index >= 15 is 0 Å². The number of hydrogen-bond donors (Lipinski definition) is 1. The van der Waals surface area contributed by atoms with Crippen molar-refractivity contribution >= 4 is 21.6 Å². The summed E-state index contributed by atoms with van der Waals surface area (Å²) in [5.41, 5.74) is 0.852. The summed E-state index contributed by atoms with van der Waals surface area (Å²) in [5.74, 6) is 0.703. The number of aromatic nitrogens is 2. The van der Waals surface area contributed by atoms with E-state index in [4.69, 9.17) is 0 Å². The highest BCUT2D eigenvalue weighted by Crippen LogP contribution is 2.31. The second kappa shape index (κ2) is 4.66. The molecule has 1 aromatic heterocycles. The number of nitrogens with zero attached hydrogens (tertiary/aromatic N) is 3. The number of anilines is 1. The lowest BCUT2D eigenvalue weighted by Crippen LogP contribution is -2.40. The van der Waals surface area contributed by atoms with E-state index in [0.717, 1.165) is 25.3 Å². The third kappa shape index (κ3) is 1.97. The Kier molecular flexibility index (Phi) is 3.15. The van der Waals surface area contributed by atoms with Crippen LogP contribution in [-0.2, 0) is 7.05 Å². The van der Waals surface area contributed by atoms with Crippen molar-refractivity contribution in [2.45, 2.75) is 18.9 Å². The van der Waals surface area contributed by atoms with E-state index in [9.17, 15) is 4.79 Å². The normalized spacial score (nSPS) is 27.3. The highest BCUT2D eigenvalue weighted by atomic mass is 79.9. The molecule has 1 N–H and O–H groups in total. The molecule has 0 aromatic carbocycles. The molecular weight excluding hydrogens is 296 g/mol. The third-order valence-corrected chi connectivity index (χ3v) is 4.75. The molecule has 18 heavy (non-hydrogen) atoms. The molecular formula is C12H17BrN4O. The summed E-state index contributed by atoms with van der Waals surface area (Å²) in [6.45, 7) is 3.11. The van der Waals surface area contributed by atoms with Crippen LogP contribution in [-0.4, -0.2) is 35.5 Å². The van der Waals surface area contributed by atoms with Gasteiger partial charge >= 0.3 is 0 Å². The standard InChI is InChI=1S/C12H17BrN4O/c1-16-12(18)11(13)10(5-15-16)17-6-8-3-2-4-14-9(8)7-17/h5,8-9,14H,2-4,6-7H2,1H3. The average Bonchev–Trinajstić information content (AvgIpc) is 2.79. The first-order valence-electron chi connectivity index (χ1n) is 6.37. The summed E-state index contributed by atoms with van der Waals surface area (Å²) in [6, 6.07) is 0.565. The molecule has 0 bridgehead atoms. The van der Waals surface area contributed by atoms with Crippen LogP contribution in [0.5, 0.6) is 0 Å². The molecule has 6 heteroatoms. The molecule has 3 rings (SSSR count). The third-order valence-electron chi connectivity index (χ3n) is 4.00. The van der Waals surface area contributed by atoms with Gasteiger partial charge in [-0.25, -0.2) is 4.68 Å². The fraction of sp³-hybridized carbons (Fsp3) is 0.667. The van der Waals surface area contributed by atoms with Gasteiger partial charge in [0.15, 0.2) is 0 Å². The molecule has 2 atom stereocenters. The van der Waals surface area contributed by atoms with Crippen LogP contribution in [0.2, 0.25) is 0 Å². The Morgan fingerprint density at radius 1 is 1.50 bits per heavy atom. The zero-order chi connectivity index (χ0) is 12.7. The van der Waals surface area contributed by atoms with Crippen LogP contribution >= 0.6 is 15.9 Å². The summed E-state index contributed by atoms with van der Waals surface area (Å²) >= 11 is 3.40. The van der Waals surface area contributed by atoms with Crippen LogP contribution in [0.3, 0.4) is 0 Å². The summed E-state index contributed by atoms with van der Waals surface area (Å²) < 4.78 is 1.98. The second-order valence-electron chi connectivity index (χ2n) is 5.14. The molecule has 1 aromatic rings. The number of halogens is 1. The van der Waals surface area contributed by atoms with Gasteiger partial charge in [-0.1, -0.05) is 0 Å². The van der Waals surface area contributed by atoms with E-state index in [1.807, 2.05) is 0 Å². The minimum absolute atomic E-state index is 0.0738. The predicted molar refractivity (Wildman–Crippen MR) is 73.9 cm³/mol. The van der Waals surface area contributed by atoms with Gasteiger partial charge < -0.3 is 10.2 Å². The zero-order valence-electron chi connectivity index (χ0n) is 10.4. The molecule has 98 valence electrons. The second-order valence-corrected chi connectivity index (χ2v) is 5.93. The lowest BCUT2D eigenvalue weighted by Gasteiger charge is -2.24.